The maximum Gasteiger partial charge on any atom is 0.243 e. The summed E-state index contributed by atoms with van der Waals surface area (Å²) < 4.78 is 55.2. The van der Waals surface area contributed by atoms with Gasteiger partial charge in [-0.25, -0.2) is 16.8 Å². The standard InChI is InChI=1S/C22H26N2O4S2/c1-4-20-13-14-23(29(25,26)21-9-5-18(2)6-10-21)15-16-24(17-20)30(27,28)22-11-7-19(3)8-12-22/h4-13H,1,14-17H2,2-3H3/b20-13-. The Morgan fingerprint density at radius 2 is 1.20 bits per heavy atom. The molecular weight excluding hydrogens is 420 g/mol. The predicted octanol–water partition coefficient (Wildman–Crippen LogP) is 3.11. The summed E-state index contributed by atoms with van der Waals surface area (Å²) in [6, 6.07) is 13.3. The van der Waals surface area contributed by atoms with Gasteiger partial charge in [0.05, 0.1) is 9.79 Å². The highest BCUT2D eigenvalue weighted by Crippen LogP contribution is 2.22. The monoisotopic (exact) mass is 446 g/mol. The molecule has 1 heterocycles. The fraction of sp³-hybridized carbons (Fsp3) is 0.273. The molecule has 160 valence electrons. The van der Waals surface area contributed by atoms with Crippen LogP contribution in [0.25, 0.3) is 0 Å². The van der Waals surface area contributed by atoms with Crippen molar-refractivity contribution in [3.8, 4) is 0 Å². The summed E-state index contributed by atoms with van der Waals surface area (Å²) in [4.78, 5) is 0.375. The topological polar surface area (TPSA) is 74.8 Å². The van der Waals surface area contributed by atoms with Crippen LogP contribution in [0.1, 0.15) is 11.1 Å². The first-order valence-corrected chi connectivity index (χ1v) is 12.5. The number of nitrogens with zero attached hydrogens (tertiary/aromatic N) is 2. The smallest absolute Gasteiger partial charge is 0.207 e. The van der Waals surface area contributed by atoms with E-state index in [0.29, 0.717) is 5.57 Å². The molecule has 1 aliphatic heterocycles. The summed E-state index contributed by atoms with van der Waals surface area (Å²) in [6.45, 7) is 7.95. The van der Waals surface area contributed by atoms with Crippen LogP contribution >= 0.6 is 0 Å². The minimum Gasteiger partial charge on any atom is -0.207 e. The average molecular weight is 447 g/mol. The zero-order valence-electron chi connectivity index (χ0n) is 17.2. The summed E-state index contributed by atoms with van der Waals surface area (Å²) >= 11 is 0. The normalized spacial score (nSPS) is 18.8. The lowest BCUT2D eigenvalue weighted by molar-refractivity contribution is 0.362. The average Bonchev–Trinajstić information content (AvgIpc) is 2.68. The number of rotatable bonds is 5. The van der Waals surface area contributed by atoms with Gasteiger partial charge in [-0.3, -0.25) is 0 Å². The van der Waals surface area contributed by atoms with Gasteiger partial charge >= 0.3 is 0 Å². The molecule has 8 heteroatoms. The summed E-state index contributed by atoms with van der Waals surface area (Å²) in [5.74, 6) is 0. The Morgan fingerprint density at radius 3 is 1.67 bits per heavy atom. The number of hydrogen-bond acceptors (Lipinski definition) is 4. The van der Waals surface area contributed by atoms with Crippen LogP contribution in [0, 0.1) is 13.8 Å². The molecule has 0 saturated carbocycles. The van der Waals surface area contributed by atoms with Gasteiger partial charge in [0.25, 0.3) is 0 Å². The van der Waals surface area contributed by atoms with Crippen molar-refractivity contribution in [2.24, 2.45) is 0 Å². The number of aryl methyl sites for hydroxylation is 2. The third kappa shape index (κ3) is 4.73. The van der Waals surface area contributed by atoms with E-state index in [-0.39, 0.29) is 36.0 Å². The number of sulfonamides is 2. The molecule has 0 bridgehead atoms. The van der Waals surface area contributed by atoms with E-state index < -0.39 is 20.0 Å². The molecule has 0 amide bonds. The zero-order valence-corrected chi connectivity index (χ0v) is 18.8. The van der Waals surface area contributed by atoms with Gasteiger partial charge in [0, 0.05) is 26.2 Å². The van der Waals surface area contributed by atoms with Crippen LogP contribution in [0.15, 0.2) is 82.6 Å². The van der Waals surface area contributed by atoms with E-state index in [1.807, 2.05) is 13.8 Å². The van der Waals surface area contributed by atoms with Crippen LogP contribution in [0.3, 0.4) is 0 Å². The second-order valence-corrected chi connectivity index (χ2v) is 11.2. The first-order valence-electron chi connectivity index (χ1n) is 9.60. The molecule has 1 aliphatic rings. The molecular formula is C22H26N2O4S2. The minimum absolute atomic E-state index is 0.0481. The van der Waals surface area contributed by atoms with Crippen molar-refractivity contribution in [1.29, 1.82) is 0 Å². The lowest BCUT2D eigenvalue weighted by atomic mass is 10.2. The largest absolute Gasteiger partial charge is 0.243 e. The fourth-order valence-corrected chi connectivity index (χ4v) is 5.96. The van der Waals surface area contributed by atoms with Crippen molar-refractivity contribution < 1.29 is 16.8 Å². The summed E-state index contributed by atoms with van der Waals surface area (Å²) in [7, 11) is -7.53. The molecule has 0 aromatic heterocycles. The Morgan fingerprint density at radius 1 is 0.767 bits per heavy atom. The summed E-state index contributed by atoms with van der Waals surface area (Å²) in [5, 5.41) is 0. The Labute approximate surface area is 179 Å². The van der Waals surface area contributed by atoms with Gasteiger partial charge in [0.2, 0.25) is 20.0 Å². The van der Waals surface area contributed by atoms with Gasteiger partial charge < -0.3 is 0 Å². The highest BCUT2D eigenvalue weighted by atomic mass is 32.2. The zero-order chi connectivity index (χ0) is 21.9. The van der Waals surface area contributed by atoms with E-state index in [4.69, 9.17) is 0 Å². The van der Waals surface area contributed by atoms with E-state index in [0.717, 1.165) is 11.1 Å². The van der Waals surface area contributed by atoms with Crippen LogP contribution in [-0.4, -0.2) is 51.6 Å². The van der Waals surface area contributed by atoms with Crippen LogP contribution in [0.2, 0.25) is 0 Å². The molecule has 2 aromatic rings. The van der Waals surface area contributed by atoms with E-state index in [1.165, 1.54) is 8.61 Å². The van der Waals surface area contributed by atoms with Gasteiger partial charge in [-0.15, -0.1) is 0 Å². The molecule has 0 unspecified atom stereocenters. The summed E-state index contributed by atoms with van der Waals surface area (Å²) in [6.07, 6.45) is 3.29. The van der Waals surface area contributed by atoms with Gasteiger partial charge in [-0.2, -0.15) is 8.61 Å². The van der Waals surface area contributed by atoms with Crippen LogP contribution in [0.5, 0.6) is 0 Å². The Balaban J connectivity index is 1.93. The Hall–Kier alpha value is -2.26. The van der Waals surface area contributed by atoms with E-state index in [9.17, 15) is 16.8 Å². The first kappa shape index (κ1) is 22.4. The SMILES string of the molecule is C=C/C1=C/CN(S(=O)(=O)c2ccc(C)cc2)CCN(S(=O)(=O)c2ccc(C)cc2)C1. The van der Waals surface area contributed by atoms with E-state index in [1.54, 1.807) is 60.7 Å². The quantitative estimate of drug-likeness (QED) is 0.707. The first-order chi connectivity index (χ1) is 14.1. The third-order valence-corrected chi connectivity index (χ3v) is 8.83. The summed E-state index contributed by atoms with van der Waals surface area (Å²) in [5.41, 5.74) is 2.59. The van der Waals surface area contributed by atoms with Crippen LogP contribution < -0.4 is 0 Å². The molecule has 30 heavy (non-hydrogen) atoms. The highest BCUT2D eigenvalue weighted by molar-refractivity contribution is 7.89. The van der Waals surface area contributed by atoms with E-state index in [2.05, 4.69) is 6.58 Å². The lowest BCUT2D eigenvalue weighted by Crippen LogP contribution is -2.43. The molecule has 0 atom stereocenters. The molecule has 6 nitrogen and oxygen atoms in total. The van der Waals surface area contributed by atoms with Crippen molar-refractivity contribution in [2.45, 2.75) is 23.6 Å². The van der Waals surface area contributed by atoms with Crippen molar-refractivity contribution in [3.05, 3.63) is 84.0 Å². The Kier molecular flexibility index (Phi) is 6.62. The minimum atomic E-state index is -3.78. The van der Waals surface area contributed by atoms with Gasteiger partial charge in [0.15, 0.2) is 0 Å². The second kappa shape index (κ2) is 8.85. The molecule has 0 radical (unpaired) electrons. The number of benzene rings is 2. The van der Waals surface area contributed by atoms with Crippen molar-refractivity contribution in [2.75, 3.05) is 26.2 Å². The van der Waals surface area contributed by atoms with Crippen LogP contribution in [0.4, 0.5) is 0 Å². The molecule has 0 spiro atoms. The molecule has 0 saturated heterocycles. The van der Waals surface area contributed by atoms with Gasteiger partial charge in [-0.1, -0.05) is 54.1 Å². The van der Waals surface area contributed by atoms with Gasteiger partial charge in [0.1, 0.15) is 0 Å². The molecule has 0 fully saturated rings. The maximum atomic E-state index is 13.2. The van der Waals surface area contributed by atoms with Crippen molar-refractivity contribution >= 4 is 20.0 Å². The fourth-order valence-electron chi connectivity index (χ4n) is 3.17. The number of hydrogen-bond donors (Lipinski definition) is 0. The maximum absolute atomic E-state index is 13.2. The predicted molar refractivity (Wildman–Crippen MR) is 118 cm³/mol. The highest BCUT2D eigenvalue weighted by Gasteiger charge is 2.30. The molecule has 0 N–H and O–H groups in total. The third-order valence-electron chi connectivity index (χ3n) is 5.09. The van der Waals surface area contributed by atoms with Crippen molar-refractivity contribution in [3.63, 3.8) is 0 Å². The molecule has 3 rings (SSSR count). The molecule has 2 aromatic carbocycles. The second-order valence-electron chi connectivity index (χ2n) is 7.31. The lowest BCUT2D eigenvalue weighted by Gasteiger charge is -2.29. The van der Waals surface area contributed by atoms with E-state index >= 15 is 0 Å². The van der Waals surface area contributed by atoms with Gasteiger partial charge in [-0.05, 0) is 43.7 Å². The van der Waals surface area contributed by atoms with Crippen molar-refractivity contribution in [1.82, 2.24) is 8.61 Å². The van der Waals surface area contributed by atoms with Crippen LogP contribution in [-0.2, 0) is 20.0 Å². The Bertz CT molecular complexity index is 1150. The molecule has 0 aliphatic carbocycles.